The third-order valence-electron chi connectivity index (χ3n) is 1.96. The molecule has 84 valence electrons. The Bertz CT molecular complexity index is 500. The van der Waals surface area contributed by atoms with Crippen molar-refractivity contribution in [1.29, 1.82) is 0 Å². The van der Waals surface area contributed by atoms with Crippen LogP contribution in [0.15, 0.2) is 31.7 Å². The molecular formula is C9H7Br3N4. The lowest BCUT2D eigenvalue weighted by Gasteiger charge is -2.07. The maximum atomic E-state index is 5.49. The minimum Gasteiger partial charge on any atom is -0.325 e. The summed E-state index contributed by atoms with van der Waals surface area (Å²) in [6.07, 6.45) is 1.80. The number of benzene rings is 1. The van der Waals surface area contributed by atoms with Gasteiger partial charge < -0.3 is 5.73 Å². The van der Waals surface area contributed by atoms with Crippen LogP contribution in [0.3, 0.4) is 0 Å². The van der Waals surface area contributed by atoms with Crippen LogP contribution in [0.25, 0.3) is 5.69 Å². The minimum absolute atomic E-state index is 0.381. The van der Waals surface area contributed by atoms with E-state index in [9.17, 15) is 0 Å². The van der Waals surface area contributed by atoms with Crippen molar-refractivity contribution < 1.29 is 0 Å². The largest absolute Gasteiger partial charge is 0.325 e. The van der Waals surface area contributed by atoms with Gasteiger partial charge in [-0.2, -0.15) is 0 Å². The molecule has 1 aromatic carbocycles. The lowest BCUT2D eigenvalue weighted by Crippen LogP contribution is -1.98. The van der Waals surface area contributed by atoms with Crippen LogP contribution in [-0.4, -0.2) is 15.0 Å². The van der Waals surface area contributed by atoms with Crippen LogP contribution >= 0.6 is 47.8 Å². The number of halogens is 3. The Morgan fingerprint density at radius 3 is 2.31 bits per heavy atom. The van der Waals surface area contributed by atoms with Gasteiger partial charge in [0.1, 0.15) is 0 Å². The van der Waals surface area contributed by atoms with Crippen molar-refractivity contribution in [3.8, 4) is 5.69 Å². The Kier molecular flexibility index (Phi) is 3.78. The van der Waals surface area contributed by atoms with Gasteiger partial charge in [0.25, 0.3) is 0 Å². The summed E-state index contributed by atoms with van der Waals surface area (Å²) in [5.74, 6) is 0. The first-order valence-corrected chi connectivity index (χ1v) is 6.76. The van der Waals surface area contributed by atoms with E-state index in [1.54, 1.807) is 10.9 Å². The number of nitrogens with two attached hydrogens (primary N) is 1. The fourth-order valence-corrected chi connectivity index (χ4v) is 3.88. The first kappa shape index (κ1) is 12.2. The molecule has 2 rings (SSSR count). The van der Waals surface area contributed by atoms with Gasteiger partial charge in [-0.3, -0.25) is 0 Å². The second kappa shape index (κ2) is 4.95. The van der Waals surface area contributed by atoms with Crippen LogP contribution in [0.1, 0.15) is 5.69 Å². The molecule has 0 spiro atoms. The van der Waals surface area contributed by atoms with Crippen molar-refractivity contribution in [2.24, 2.45) is 5.73 Å². The van der Waals surface area contributed by atoms with Gasteiger partial charge in [0.05, 0.1) is 17.6 Å². The normalized spacial score (nSPS) is 10.8. The average Bonchev–Trinajstić information content (AvgIpc) is 2.64. The molecule has 0 atom stereocenters. The standard InChI is InChI=1S/C9H7Br3N4/c10-5-1-7(11)9(8(12)2-5)16-4-6(3-13)14-15-16/h1-2,4H,3,13H2. The lowest BCUT2D eigenvalue weighted by atomic mass is 10.3. The fraction of sp³-hybridized carbons (Fsp3) is 0.111. The first-order chi connectivity index (χ1) is 7.61. The summed E-state index contributed by atoms with van der Waals surface area (Å²) >= 11 is 10.4. The highest BCUT2D eigenvalue weighted by Crippen LogP contribution is 2.32. The molecular weight excluding hydrogens is 404 g/mol. The van der Waals surface area contributed by atoms with Crippen LogP contribution in [0.5, 0.6) is 0 Å². The third-order valence-corrected chi connectivity index (χ3v) is 3.63. The summed E-state index contributed by atoms with van der Waals surface area (Å²) in [5.41, 5.74) is 7.14. The predicted octanol–water partition coefficient (Wildman–Crippen LogP) is 3.01. The number of hydrogen-bond acceptors (Lipinski definition) is 3. The van der Waals surface area contributed by atoms with E-state index in [4.69, 9.17) is 5.73 Å². The number of aromatic nitrogens is 3. The van der Waals surface area contributed by atoms with Crippen LogP contribution in [0.4, 0.5) is 0 Å². The van der Waals surface area contributed by atoms with Crippen molar-refractivity contribution in [3.05, 3.63) is 37.4 Å². The van der Waals surface area contributed by atoms with Crippen molar-refractivity contribution in [1.82, 2.24) is 15.0 Å². The molecule has 0 saturated heterocycles. The van der Waals surface area contributed by atoms with Gasteiger partial charge in [0, 0.05) is 20.0 Å². The minimum atomic E-state index is 0.381. The molecule has 0 amide bonds. The molecule has 0 radical (unpaired) electrons. The van der Waals surface area contributed by atoms with E-state index in [1.807, 2.05) is 12.1 Å². The van der Waals surface area contributed by atoms with Crippen molar-refractivity contribution in [3.63, 3.8) is 0 Å². The van der Waals surface area contributed by atoms with Gasteiger partial charge >= 0.3 is 0 Å². The van der Waals surface area contributed by atoms with E-state index in [2.05, 4.69) is 58.1 Å². The molecule has 2 N–H and O–H groups in total. The summed E-state index contributed by atoms with van der Waals surface area (Å²) in [5, 5.41) is 7.97. The maximum Gasteiger partial charge on any atom is 0.0967 e. The molecule has 0 aliphatic carbocycles. The second-order valence-electron chi connectivity index (χ2n) is 3.08. The van der Waals surface area contributed by atoms with Crippen molar-refractivity contribution in [2.75, 3.05) is 0 Å². The Morgan fingerprint density at radius 2 is 1.81 bits per heavy atom. The smallest absolute Gasteiger partial charge is 0.0967 e. The first-order valence-electron chi connectivity index (χ1n) is 4.38. The van der Waals surface area contributed by atoms with E-state index < -0.39 is 0 Å². The van der Waals surface area contributed by atoms with Gasteiger partial charge in [-0.05, 0) is 44.0 Å². The number of hydrogen-bond donors (Lipinski definition) is 1. The molecule has 0 aliphatic heterocycles. The van der Waals surface area contributed by atoms with Gasteiger partial charge in [0.15, 0.2) is 0 Å². The Labute approximate surface area is 118 Å². The molecule has 0 fully saturated rings. The molecule has 0 aliphatic rings. The summed E-state index contributed by atoms with van der Waals surface area (Å²) in [7, 11) is 0. The highest BCUT2D eigenvalue weighted by atomic mass is 79.9. The zero-order valence-corrected chi connectivity index (χ0v) is 12.8. The van der Waals surface area contributed by atoms with Crippen LogP contribution in [0.2, 0.25) is 0 Å². The Balaban J connectivity index is 2.55. The fourth-order valence-electron chi connectivity index (χ4n) is 1.25. The third kappa shape index (κ3) is 2.37. The lowest BCUT2D eigenvalue weighted by molar-refractivity contribution is 0.791. The molecule has 0 saturated carbocycles. The monoisotopic (exact) mass is 408 g/mol. The quantitative estimate of drug-likeness (QED) is 0.828. The van der Waals surface area contributed by atoms with Crippen LogP contribution < -0.4 is 5.73 Å². The summed E-state index contributed by atoms with van der Waals surface area (Å²) < 4.78 is 4.50. The van der Waals surface area contributed by atoms with Gasteiger partial charge in [-0.15, -0.1) is 5.10 Å². The molecule has 0 unspecified atom stereocenters. The predicted molar refractivity (Wildman–Crippen MR) is 72.4 cm³/mol. The molecule has 1 heterocycles. The summed E-state index contributed by atoms with van der Waals surface area (Å²) in [6.45, 7) is 0.381. The van der Waals surface area contributed by atoms with Gasteiger partial charge in [-0.1, -0.05) is 21.1 Å². The molecule has 16 heavy (non-hydrogen) atoms. The highest BCUT2D eigenvalue weighted by molar-refractivity contribution is 9.11. The van der Waals surface area contributed by atoms with Crippen molar-refractivity contribution >= 4 is 47.8 Å². The van der Waals surface area contributed by atoms with Crippen molar-refractivity contribution in [2.45, 2.75) is 6.54 Å². The highest BCUT2D eigenvalue weighted by Gasteiger charge is 2.10. The average molecular weight is 411 g/mol. The maximum absolute atomic E-state index is 5.49. The van der Waals surface area contributed by atoms with E-state index in [0.717, 1.165) is 24.8 Å². The second-order valence-corrected chi connectivity index (χ2v) is 5.70. The van der Waals surface area contributed by atoms with Gasteiger partial charge in [-0.25, -0.2) is 4.68 Å². The molecule has 0 bridgehead atoms. The van der Waals surface area contributed by atoms with E-state index in [-0.39, 0.29) is 0 Å². The number of nitrogens with zero attached hydrogens (tertiary/aromatic N) is 3. The summed E-state index contributed by atoms with van der Waals surface area (Å²) in [4.78, 5) is 0. The SMILES string of the molecule is NCc1cn(-c2c(Br)cc(Br)cc2Br)nn1. The van der Waals surface area contributed by atoms with Gasteiger partial charge in [0.2, 0.25) is 0 Å². The van der Waals surface area contributed by atoms with Crippen LogP contribution in [-0.2, 0) is 6.54 Å². The zero-order chi connectivity index (χ0) is 11.7. The number of rotatable bonds is 2. The topological polar surface area (TPSA) is 56.7 Å². The zero-order valence-electron chi connectivity index (χ0n) is 7.99. The van der Waals surface area contributed by atoms with Crippen LogP contribution in [0, 0.1) is 0 Å². The Hall–Kier alpha value is -0.240. The molecule has 4 nitrogen and oxygen atoms in total. The van der Waals surface area contributed by atoms with E-state index in [0.29, 0.717) is 6.54 Å². The molecule has 1 aromatic heterocycles. The molecule has 2 aromatic rings. The van der Waals surface area contributed by atoms with E-state index in [1.165, 1.54) is 0 Å². The summed E-state index contributed by atoms with van der Waals surface area (Å²) in [6, 6.07) is 3.90. The molecule has 7 heteroatoms. The Morgan fingerprint density at radius 1 is 1.19 bits per heavy atom. The van der Waals surface area contributed by atoms with E-state index >= 15 is 0 Å².